The van der Waals surface area contributed by atoms with Gasteiger partial charge in [0.2, 0.25) is 0 Å². The van der Waals surface area contributed by atoms with E-state index in [9.17, 15) is 0 Å². The van der Waals surface area contributed by atoms with E-state index >= 15 is 0 Å². The Bertz CT molecular complexity index is 180. The van der Waals surface area contributed by atoms with Crippen LogP contribution < -0.4 is 5.32 Å². The first-order valence-corrected chi connectivity index (χ1v) is 7.75. The lowest BCUT2D eigenvalue weighted by Gasteiger charge is -2.36. The van der Waals surface area contributed by atoms with Crippen LogP contribution in [0.1, 0.15) is 65.7 Å². The molecule has 2 nitrogen and oxygen atoms in total. The van der Waals surface area contributed by atoms with E-state index in [-0.39, 0.29) is 0 Å². The predicted molar refractivity (Wildman–Crippen MR) is 76.5 cm³/mol. The van der Waals surface area contributed by atoms with E-state index in [0.717, 1.165) is 12.6 Å². The second-order valence-electron chi connectivity index (χ2n) is 5.58. The standard InChI is InChI=1S/C15H32N2/c1-4-9-15-11-6-7-12-17(15)13-8-10-14(3)16-5-2/h14-16H,4-13H2,1-3H3. The van der Waals surface area contributed by atoms with E-state index in [0.29, 0.717) is 6.04 Å². The summed E-state index contributed by atoms with van der Waals surface area (Å²) >= 11 is 0. The molecule has 0 bridgehead atoms. The van der Waals surface area contributed by atoms with Crippen LogP contribution in [0.3, 0.4) is 0 Å². The fourth-order valence-corrected chi connectivity index (χ4v) is 3.07. The minimum absolute atomic E-state index is 0.689. The van der Waals surface area contributed by atoms with Crippen LogP contribution in [0.15, 0.2) is 0 Å². The SMILES string of the molecule is CCCC1CCCCN1CCCC(C)NCC. The number of hydrogen-bond donors (Lipinski definition) is 1. The second kappa shape index (κ2) is 8.93. The topological polar surface area (TPSA) is 15.3 Å². The summed E-state index contributed by atoms with van der Waals surface area (Å²) < 4.78 is 0. The number of nitrogens with one attached hydrogen (secondary N) is 1. The van der Waals surface area contributed by atoms with Gasteiger partial charge in [0.25, 0.3) is 0 Å². The van der Waals surface area contributed by atoms with Gasteiger partial charge in [-0.2, -0.15) is 0 Å². The van der Waals surface area contributed by atoms with Gasteiger partial charge in [-0.25, -0.2) is 0 Å². The second-order valence-corrected chi connectivity index (χ2v) is 5.58. The van der Waals surface area contributed by atoms with Crippen molar-refractivity contribution in [2.45, 2.75) is 77.8 Å². The van der Waals surface area contributed by atoms with Crippen LogP contribution in [0.4, 0.5) is 0 Å². The third-order valence-corrected chi connectivity index (χ3v) is 4.01. The lowest BCUT2D eigenvalue weighted by molar-refractivity contribution is 0.136. The minimum Gasteiger partial charge on any atom is -0.315 e. The zero-order chi connectivity index (χ0) is 12.5. The van der Waals surface area contributed by atoms with E-state index in [2.05, 4.69) is 31.0 Å². The average molecular weight is 240 g/mol. The van der Waals surface area contributed by atoms with E-state index in [4.69, 9.17) is 0 Å². The van der Waals surface area contributed by atoms with Gasteiger partial charge in [0.1, 0.15) is 0 Å². The number of piperidine rings is 1. The Balaban J connectivity index is 2.18. The van der Waals surface area contributed by atoms with Crippen molar-refractivity contribution in [3.05, 3.63) is 0 Å². The average Bonchev–Trinajstić information content (AvgIpc) is 2.32. The summed E-state index contributed by atoms with van der Waals surface area (Å²) in [6, 6.07) is 1.58. The first-order chi connectivity index (χ1) is 8.27. The van der Waals surface area contributed by atoms with Crippen LogP contribution in [0, 0.1) is 0 Å². The van der Waals surface area contributed by atoms with Crippen LogP contribution >= 0.6 is 0 Å². The molecule has 0 radical (unpaired) electrons. The number of likely N-dealkylation sites (tertiary alicyclic amines) is 1. The van der Waals surface area contributed by atoms with Gasteiger partial charge in [0.05, 0.1) is 0 Å². The molecular formula is C15H32N2. The molecule has 0 spiro atoms. The van der Waals surface area contributed by atoms with Crippen LogP contribution in [0.2, 0.25) is 0 Å². The minimum atomic E-state index is 0.689. The summed E-state index contributed by atoms with van der Waals surface area (Å²) in [6.07, 6.45) is 9.74. The Morgan fingerprint density at radius 1 is 1.29 bits per heavy atom. The molecule has 2 atom stereocenters. The molecule has 0 aromatic rings. The van der Waals surface area contributed by atoms with E-state index in [1.807, 2.05) is 0 Å². The van der Waals surface area contributed by atoms with E-state index in [1.54, 1.807) is 0 Å². The molecule has 0 aliphatic carbocycles. The molecule has 1 aliphatic rings. The zero-order valence-corrected chi connectivity index (χ0v) is 12.2. The maximum absolute atomic E-state index is 3.50. The molecule has 1 fully saturated rings. The van der Waals surface area contributed by atoms with E-state index < -0.39 is 0 Å². The zero-order valence-electron chi connectivity index (χ0n) is 12.2. The highest BCUT2D eigenvalue weighted by atomic mass is 15.2. The largest absolute Gasteiger partial charge is 0.315 e. The number of nitrogens with zero attached hydrogens (tertiary/aromatic N) is 1. The maximum Gasteiger partial charge on any atom is 0.00951 e. The molecule has 102 valence electrons. The highest BCUT2D eigenvalue weighted by molar-refractivity contribution is 4.76. The molecule has 0 aromatic heterocycles. The van der Waals surface area contributed by atoms with Crippen molar-refractivity contribution in [2.24, 2.45) is 0 Å². The Morgan fingerprint density at radius 3 is 2.82 bits per heavy atom. The van der Waals surface area contributed by atoms with Gasteiger partial charge in [-0.3, -0.25) is 0 Å². The number of hydrogen-bond acceptors (Lipinski definition) is 2. The third-order valence-electron chi connectivity index (χ3n) is 4.01. The van der Waals surface area contributed by atoms with Gasteiger partial charge in [0.15, 0.2) is 0 Å². The molecule has 2 heteroatoms. The maximum atomic E-state index is 3.50. The summed E-state index contributed by atoms with van der Waals surface area (Å²) in [5.41, 5.74) is 0. The fraction of sp³-hybridized carbons (Fsp3) is 1.00. The quantitative estimate of drug-likeness (QED) is 0.699. The first kappa shape index (κ1) is 15.0. The summed E-state index contributed by atoms with van der Waals surface area (Å²) in [6.45, 7) is 10.6. The molecule has 0 aromatic carbocycles. The number of rotatable bonds is 8. The van der Waals surface area contributed by atoms with Crippen LogP contribution in [0.5, 0.6) is 0 Å². The monoisotopic (exact) mass is 240 g/mol. The summed E-state index contributed by atoms with van der Waals surface area (Å²) in [5.74, 6) is 0. The predicted octanol–water partition coefficient (Wildman–Crippen LogP) is 3.42. The van der Waals surface area contributed by atoms with Gasteiger partial charge in [-0.15, -0.1) is 0 Å². The van der Waals surface area contributed by atoms with Gasteiger partial charge in [0, 0.05) is 12.1 Å². The molecule has 1 aliphatic heterocycles. The molecule has 1 N–H and O–H groups in total. The van der Waals surface area contributed by atoms with Crippen molar-refractivity contribution < 1.29 is 0 Å². The Labute approximate surface area is 108 Å². The Hall–Kier alpha value is -0.0800. The summed E-state index contributed by atoms with van der Waals surface area (Å²) in [5, 5.41) is 3.50. The van der Waals surface area contributed by atoms with E-state index in [1.165, 1.54) is 58.0 Å². The van der Waals surface area contributed by atoms with Crippen molar-refractivity contribution in [3.8, 4) is 0 Å². The third kappa shape index (κ3) is 5.87. The van der Waals surface area contributed by atoms with Gasteiger partial charge >= 0.3 is 0 Å². The van der Waals surface area contributed by atoms with Crippen LogP contribution in [-0.4, -0.2) is 36.6 Å². The molecule has 1 saturated heterocycles. The lowest BCUT2D eigenvalue weighted by atomic mass is 9.97. The molecule has 1 heterocycles. The highest BCUT2D eigenvalue weighted by Gasteiger charge is 2.20. The van der Waals surface area contributed by atoms with Crippen molar-refractivity contribution in [3.63, 3.8) is 0 Å². The lowest BCUT2D eigenvalue weighted by Crippen LogP contribution is -2.40. The van der Waals surface area contributed by atoms with Crippen molar-refractivity contribution in [2.75, 3.05) is 19.6 Å². The fourth-order valence-electron chi connectivity index (χ4n) is 3.07. The van der Waals surface area contributed by atoms with Crippen LogP contribution in [-0.2, 0) is 0 Å². The Morgan fingerprint density at radius 2 is 2.12 bits per heavy atom. The van der Waals surface area contributed by atoms with Gasteiger partial charge in [-0.05, 0) is 58.7 Å². The molecule has 0 saturated carbocycles. The molecule has 1 rings (SSSR count). The van der Waals surface area contributed by atoms with Crippen molar-refractivity contribution >= 4 is 0 Å². The van der Waals surface area contributed by atoms with Crippen LogP contribution in [0.25, 0.3) is 0 Å². The van der Waals surface area contributed by atoms with Gasteiger partial charge in [-0.1, -0.05) is 26.7 Å². The Kier molecular flexibility index (Phi) is 7.87. The smallest absolute Gasteiger partial charge is 0.00951 e. The summed E-state index contributed by atoms with van der Waals surface area (Å²) in [4.78, 5) is 2.76. The molecule has 0 amide bonds. The molecular weight excluding hydrogens is 208 g/mol. The van der Waals surface area contributed by atoms with Crippen molar-refractivity contribution in [1.29, 1.82) is 0 Å². The van der Waals surface area contributed by atoms with Gasteiger partial charge < -0.3 is 10.2 Å². The molecule has 17 heavy (non-hydrogen) atoms. The molecule has 2 unspecified atom stereocenters. The summed E-state index contributed by atoms with van der Waals surface area (Å²) in [7, 11) is 0. The van der Waals surface area contributed by atoms with Crippen molar-refractivity contribution in [1.82, 2.24) is 10.2 Å². The first-order valence-electron chi connectivity index (χ1n) is 7.75. The normalized spacial score (nSPS) is 23.8. The highest BCUT2D eigenvalue weighted by Crippen LogP contribution is 2.21.